The Kier molecular flexibility index (Phi) is 6.61. The normalized spacial score (nSPS) is 12.4. The molecule has 2 N–H and O–H groups in total. The maximum atomic E-state index is 13.9. The lowest BCUT2D eigenvalue weighted by atomic mass is 10.1. The van der Waals surface area contributed by atoms with Crippen LogP contribution in [0.15, 0.2) is 41.4 Å². The summed E-state index contributed by atoms with van der Waals surface area (Å²) in [7, 11) is 0. The van der Waals surface area contributed by atoms with E-state index >= 15 is 0 Å². The monoisotopic (exact) mass is 360 g/mol. The van der Waals surface area contributed by atoms with Crippen molar-refractivity contribution in [3.63, 3.8) is 0 Å². The van der Waals surface area contributed by atoms with E-state index in [4.69, 9.17) is 5.26 Å². The van der Waals surface area contributed by atoms with Crippen molar-refractivity contribution in [2.45, 2.75) is 26.4 Å². The number of hydrogen-bond donors (Lipinski definition) is 2. The summed E-state index contributed by atoms with van der Waals surface area (Å²) >= 11 is 0. The van der Waals surface area contributed by atoms with E-state index in [1.54, 1.807) is 6.92 Å². The Bertz CT molecular complexity index is 843. The minimum atomic E-state index is -0.923. The summed E-state index contributed by atoms with van der Waals surface area (Å²) in [5.41, 5.74) is 1.19. The van der Waals surface area contributed by atoms with Gasteiger partial charge in [0.15, 0.2) is 17.6 Å². The van der Waals surface area contributed by atoms with Crippen LogP contribution in [0.5, 0.6) is 0 Å². The molecule has 0 amide bonds. The average Bonchev–Trinajstić information content (AvgIpc) is 2.63. The molecule has 0 aliphatic rings. The Morgan fingerprint density at radius 3 is 2.50 bits per heavy atom. The van der Waals surface area contributed by atoms with Crippen molar-refractivity contribution in [3.8, 4) is 6.07 Å². The van der Waals surface area contributed by atoms with Crippen molar-refractivity contribution < 1.29 is 13.2 Å². The number of rotatable bonds is 5. The minimum Gasteiger partial charge on any atom is -0.357 e. The molecule has 0 fully saturated rings. The van der Waals surface area contributed by atoms with Crippen LogP contribution in [0.1, 0.15) is 36.6 Å². The van der Waals surface area contributed by atoms with Crippen molar-refractivity contribution in [3.05, 3.63) is 70.5 Å². The van der Waals surface area contributed by atoms with Gasteiger partial charge in [-0.25, -0.2) is 18.2 Å². The summed E-state index contributed by atoms with van der Waals surface area (Å²) in [6.45, 7) is 4.24. The van der Waals surface area contributed by atoms with Gasteiger partial charge in [0, 0.05) is 12.1 Å². The molecule has 0 saturated carbocycles. The quantitative estimate of drug-likeness (QED) is 0.630. The molecule has 0 heterocycles. The second-order valence-electron chi connectivity index (χ2n) is 5.65. The number of halogens is 3. The Labute approximate surface area is 150 Å². The molecule has 136 valence electrons. The average molecular weight is 360 g/mol. The van der Waals surface area contributed by atoms with Gasteiger partial charge in [0.05, 0.1) is 24.2 Å². The molecule has 0 aliphatic heterocycles. The molecule has 26 heavy (non-hydrogen) atoms. The number of nitrogens with zero attached hydrogens (tertiary/aromatic N) is 2. The summed E-state index contributed by atoms with van der Waals surface area (Å²) in [6, 6.07) is 9.35. The van der Waals surface area contributed by atoms with Crippen molar-refractivity contribution in [2.75, 3.05) is 6.54 Å². The van der Waals surface area contributed by atoms with Gasteiger partial charge < -0.3 is 10.6 Å². The number of nitrogens with one attached hydrogen (secondary N) is 2. The first kappa shape index (κ1) is 19.3. The molecular weight excluding hydrogens is 341 g/mol. The molecule has 1 unspecified atom stereocenters. The smallest absolute Gasteiger partial charge is 0.192 e. The van der Waals surface area contributed by atoms with E-state index in [0.29, 0.717) is 29.2 Å². The van der Waals surface area contributed by atoms with Crippen LogP contribution in [-0.4, -0.2) is 12.5 Å². The lowest BCUT2D eigenvalue weighted by Crippen LogP contribution is -2.38. The van der Waals surface area contributed by atoms with Crippen molar-refractivity contribution in [2.24, 2.45) is 4.99 Å². The number of benzene rings is 2. The maximum absolute atomic E-state index is 13.9. The van der Waals surface area contributed by atoms with Crippen molar-refractivity contribution in [1.82, 2.24) is 10.6 Å². The molecule has 0 saturated heterocycles. The number of nitriles is 1. The number of aliphatic imine (C=N–C) groups is 1. The second-order valence-corrected chi connectivity index (χ2v) is 5.65. The molecule has 7 heteroatoms. The first-order valence-electron chi connectivity index (χ1n) is 8.13. The lowest BCUT2D eigenvalue weighted by Gasteiger charge is -2.18. The van der Waals surface area contributed by atoms with Crippen LogP contribution < -0.4 is 10.6 Å². The highest BCUT2D eigenvalue weighted by Crippen LogP contribution is 2.16. The molecule has 2 rings (SSSR count). The van der Waals surface area contributed by atoms with Crippen LogP contribution in [0.2, 0.25) is 0 Å². The molecule has 0 aromatic heterocycles. The van der Waals surface area contributed by atoms with Crippen LogP contribution >= 0.6 is 0 Å². The van der Waals surface area contributed by atoms with E-state index in [1.165, 1.54) is 24.3 Å². The van der Waals surface area contributed by atoms with E-state index in [-0.39, 0.29) is 12.6 Å². The third-order valence-corrected chi connectivity index (χ3v) is 3.72. The molecule has 0 bridgehead atoms. The predicted molar refractivity (Wildman–Crippen MR) is 93.8 cm³/mol. The lowest BCUT2D eigenvalue weighted by molar-refractivity contribution is 0.504. The summed E-state index contributed by atoms with van der Waals surface area (Å²) in [5, 5.41) is 15.0. The van der Waals surface area contributed by atoms with Crippen LogP contribution in [0.25, 0.3) is 0 Å². The number of guanidine groups is 1. The molecule has 4 nitrogen and oxygen atoms in total. The predicted octanol–water partition coefficient (Wildman–Crippen LogP) is 3.79. The van der Waals surface area contributed by atoms with Crippen LogP contribution in [0.4, 0.5) is 13.2 Å². The van der Waals surface area contributed by atoms with Gasteiger partial charge in [-0.2, -0.15) is 5.26 Å². The van der Waals surface area contributed by atoms with Gasteiger partial charge in [-0.05, 0) is 49.7 Å². The minimum absolute atomic E-state index is 0.0290. The summed E-state index contributed by atoms with van der Waals surface area (Å²) in [6.07, 6.45) is 0. The van der Waals surface area contributed by atoms with Crippen LogP contribution in [0.3, 0.4) is 0 Å². The summed E-state index contributed by atoms with van der Waals surface area (Å²) < 4.78 is 40.3. The van der Waals surface area contributed by atoms with Crippen LogP contribution in [-0.2, 0) is 6.54 Å². The van der Waals surface area contributed by atoms with Gasteiger partial charge in [-0.1, -0.05) is 6.07 Å². The number of hydrogen-bond acceptors (Lipinski definition) is 2. The van der Waals surface area contributed by atoms with Gasteiger partial charge in [0.1, 0.15) is 5.82 Å². The highest BCUT2D eigenvalue weighted by molar-refractivity contribution is 5.80. The largest absolute Gasteiger partial charge is 0.357 e. The van der Waals surface area contributed by atoms with Gasteiger partial charge in [-0.15, -0.1) is 0 Å². The standard InChI is InChI=1S/C19H19F3N4/c1-3-24-19(25-11-15-8-13(10-23)4-6-16(15)20)26-12(2)14-5-7-17(21)18(22)9-14/h4-9,12H,3,11H2,1-2H3,(H2,24,25,26). The highest BCUT2D eigenvalue weighted by Gasteiger charge is 2.11. The maximum Gasteiger partial charge on any atom is 0.192 e. The van der Waals surface area contributed by atoms with Gasteiger partial charge >= 0.3 is 0 Å². The fourth-order valence-corrected chi connectivity index (χ4v) is 2.32. The Morgan fingerprint density at radius 2 is 1.85 bits per heavy atom. The Hall–Kier alpha value is -3.01. The zero-order chi connectivity index (χ0) is 19.1. The summed E-state index contributed by atoms with van der Waals surface area (Å²) in [5.74, 6) is -1.88. The van der Waals surface area contributed by atoms with E-state index < -0.39 is 17.5 Å². The molecule has 2 aromatic rings. The van der Waals surface area contributed by atoms with Crippen molar-refractivity contribution >= 4 is 5.96 Å². The molecule has 2 aromatic carbocycles. The Morgan fingerprint density at radius 1 is 1.12 bits per heavy atom. The first-order valence-corrected chi connectivity index (χ1v) is 8.13. The van der Waals surface area contributed by atoms with Crippen LogP contribution in [0, 0.1) is 28.8 Å². The molecule has 0 aliphatic carbocycles. The first-order chi connectivity index (χ1) is 12.4. The van der Waals surface area contributed by atoms with Crippen molar-refractivity contribution in [1.29, 1.82) is 5.26 Å². The molecule has 1 atom stereocenters. The SMILES string of the molecule is CCNC(=NCc1cc(C#N)ccc1F)NC(C)c1ccc(F)c(F)c1. The fraction of sp³-hybridized carbons (Fsp3) is 0.263. The van der Waals surface area contributed by atoms with Gasteiger partial charge in [-0.3, -0.25) is 0 Å². The van der Waals surface area contributed by atoms with Gasteiger partial charge in [0.25, 0.3) is 0 Å². The molecule has 0 spiro atoms. The van der Waals surface area contributed by atoms with E-state index in [0.717, 1.165) is 12.1 Å². The van der Waals surface area contributed by atoms with E-state index in [2.05, 4.69) is 15.6 Å². The third kappa shape index (κ3) is 4.99. The zero-order valence-electron chi connectivity index (χ0n) is 14.5. The third-order valence-electron chi connectivity index (χ3n) is 3.72. The topological polar surface area (TPSA) is 60.2 Å². The second kappa shape index (κ2) is 8.90. The zero-order valence-corrected chi connectivity index (χ0v) is 14.5. The fourth-order valence-electron chi connectivity index (χ4n) is 2.32. The molecular formula is C19H19F3N4. The van der Waals surface area contributed by atoms with E-state index in [1.807, 2.05) is 13.0 Å². The van der Waals surface area contributed by atoms with E-state index in [9.17, 15) is 13.2 Å². The summed E-state index contributed by atoms with van der Waals surface area (Å²) in [4.78, 5) is 4.30. The van der Waals surface area contributed by atoms with Gasteiger partial charge in [0.2, 0.25) is 0 Å². The highest BCUT2D eigenvalue weighted by atomic mass is 19.2. The molecule has 0 radical (unpaired) electrons. The Balaban J connectivity index is 2.16.